The second kappa shape index (κ2) is 8.62. The Morgan fingerprint density at radius 2 is 2.00 bits per heavy atom. The Labute approximate surface area is 173 Å². The zero-order valence-electron chi connectivity index (χ0n) is 17.7. The topological polar surface area (TPSA) is 44.8 Å². The number of benzene rings is 1. The minimum Gasteiger partial charge on any atom is -0.462 e. The second-order valence-electron chi connectivity index (χ2n) is 8.70. The van der Waals surface area contributed by atoms with Crippen molar-refractivity contribution in [2.75, 3.05) is 0 Å². The van der Waals surface area contributed by atoms with Crippen molar-refractivity contribution in [2.45, 2.75) is 84.7 Å². The molecule has 1 unspecified atom stereocenters. The van der Waals surface area contributed by atoms with Gasteiger partial charge >= 0.3 is 5.97 Å². The molecule has 0 aromatic heterocycles. The Morgan fingerprint density at radius 1 is 1.29 bits per heavy atom. The minimum absolute atomic E-state index is 0.0667. The molecule has 1 aliphatic heterocycles. The fraction of sp³-hybridized carbons (Fsp3) is 0.696. The number of carbonyl (C=O) groups is 1. The Kier molecular flexibility index (Phi) is 6.61. The van der Waals surface area contributed by atoms with Gasteiger partial charge in [-0.2, -0.15) is 0 Å². The maximum Gasteiger partial charge on any atom is 0.340 e. The van der Waals surface area contributed by atoms with Gasteiger partial charge < -0.3 is 14.2 Å². The molecular formula is C23H33ClO4. The molecule has 1 aromatic carbocycles. The molecule has 28 heavy (non-hydrogen) atoms. The van der Waals surface area contributed by atoms with E-state index in [2.05, 4.69) is 20.8 Å². The molecule has 0 amide bonds. The summed E-state index contributed by atoms with van der Waals surface area (Å²) in [5.41, 5.74) is 0.653. The van der Waals surface area contributed by atoms with Gasteiger partial charge in [-0.15, -0.1) is 0 Å². The van der Waals surface area contributed by atoms with E-state index < -0.39 is 11.9 Å². The highest BCUT2D eigenvalue weighted by Gasteiger charge is 2.44. The van der Waals surface area contributed by atoms with E-state index in [9.17, 15) is 4.79 Å². The highest BCUT2D eigenvalue weighted by atomic mass is 35.5. The van der Waals surface area contributed by atoms with Gasteiger partial charge in [0, 0.05) is 23.4 Å². The van der Waals surface area contributed by atoms with Gasteiger partial charge in [0.25, 0.3) is 0 Å². The van der Waals surface area contributed by atoms with Crippen LogP contribution in [-0.4, -0.2) is 17.9 Å². The molecule has 0 spiro atoms. The van der Waals surface area contributed by atoms with Crippen molar-refractivity contribution in [2.24, 2.45) is 17.8 Å². The van der Waals surface area contributed by atoms with Crippen LogP contribution in [0.25, 0.3) is 0 Å². The molecular weight excluding hydrogens is 376 g/mol. The summed E-state index contributed by atoms with van der Waals surface area (Å²) in [5, 5.41) is 0.551. The first-order chi connectivity index (χ1) is 13.3. The van der Waals surface area contributed by atoms with E-state index in [-0.39, 0.29) is 12.1 Å². The lowest BCUT2D eigenvalue weighted by Gasteiger charge is -2.42. The SMILES string of the molecule is CCC1(CC)Oc2ccc(Cl)cc2C(C(=O)O[C@H]2C[C@@H](C)CC[C@@H]2C(C)C)O1. The normalized spacial score (nSPS) is 29.1. The fourth-order valence-corrected chi connectivity index (χ4v) is 4.70. The van der Waals surface area contributed by atoms with Gasteiger partial charge in [-0.25, -0.2) is 4.79 Å². The number of esters is 1. The Bertz CT molecular complexity index is 698. The molecule has 1 saturated carbocycles. The summed E-state index contributed by atoms with van der Waals surface area (Å²) in [6, 6.07) is 5.35. The number of carbonyl (C=O) groups excluding carboxylic acids is 1. The van der Waals surface area contributed by atoms with E-state index in [4.69, 9.17) is 25.8 Å². The van der Waals surface area contributed by atoms with Crippen LogP contribution in [0.5, 0.6) is 5.75 Å². The highest BCUT2D eigenvalue weighted by Crippen LogP contribution is 2.44. The first kappa shape index (κ1) is 21.4. The van der Waals surface area contributed by atoms with Crippen molar-refractivity contribution < 1.29 is 19.0 Å². The third-order valence-electron chi connectivity index (χ3n) is 6.40. The van der Waals surface area contributed by atoms with E-state index in [0.29, 0.717) is 46.9 Å². The average Bonchev–Trinajstić information content (AvgIpc) is 2.67. The first-order valence-electron chi connectivity index (χ1n) is 10.6. The van der Waals surface area contributed by atoms with Crippen molar-refractivity contribution >= 4 is 17.6 Å². The maximum absolute atomic E-state index is 13.3. The van der Waals surface area contributed by atoms with E-state index in [1.807, 2.05) is 19.9 Å². The fourth-order valence-electron chi connectivity index (χ4n) is 4.52. The molecule has 5 heteroatoms. The van der Waals surface area contributed by atoms with Crippen molar-refractivity contribution in [3.63, 3.8) is 0 Å². The molecule has 156 valence electrons. The Morgan fingerprint density at radius 3 is 2.64 bits per heavy atom. The van der Waals surface area contributed by atoms with Crippen LogP contribution in [0.4, 0.5) is 0 Å². The maximum atomic E-state index is 13.3. The van der Waals surface area contributed by atoms with E-state index in [0.717, 1.165) is 12.8 Å². The third-order valence-corrected chi connectivity index (χ3v) is 6.64. The zero-order valence-corrected chi connectivity index (χ0v) is 18.4. The number of ether oxygens (including phenoxy) is 3. The quantitative estimate of drug-likeness (QED) is 0.535. The van der Waals surface area contributed by atoms with Gasteiger partial charge in [0.05, 0.1) is 0 Å². The summed E-state index contributed by atoms with van der Waals surface area (Å²) >= 11 is 6.20. The van der Waals surface area contributed by atoms with E-state index in [1.165, 1.54) is 6.42 Å². The van der Waals surface area contributed by atoms with Gasteiger partial charge in [0.2, 0.25) is 5.79 Å². The predicted molar refractivity (Wildman–Crippen MR) is 110 cm³/mol. The summed E-state index contributed by atoms with van der Waals surface area (Å²) in [6.45, 7) is 10.7. The van der Waals surface area contributed by atoms with Gasteiger partial charge in [-0.3, -0.25) is 0 Å². The molecule has 1 aliphatic carbocycles. The lowest BCUT2D eigenvalue weighted by molar-refractivity contribution is -0.242. The van der Waals surface area contributed by atoms with Crippen molar-refractivity contribution in [3.8, 4) is 5.75 Å². The number of hydrogen-bond donors (Lipinski definition) is 0. The van der Waals surface area contributed by atoms with Crippen molar-refractivity contribution in [1.82, 2.24) is 0 Å². The minimum atomic E-state index is -0.818. The van der Waals surface area contributed by atoms with Crippen LogP contribution < -0.4 is 4.74 Å². The summed E-state index contributed by atoms with van der Waals surface area (Å²) < 4.78 is 18.4. The van der Waals surface area contributed by atoms with Crippen LogP contribution in [0.1, 0.15) is 78.4 Å². The lowest BCUT2D eigenvalue weighted by atomic mass is 9.75. The van der Waals surface area contributed by atoms with E-state index >= 15 is 0 Å². The molecule has 0 N–H and O–H groups in total. The molecule has 0 saturated heterocycles. The van der Waals surface area contributed by atoms with Crippen LogP contribution in [0.2, 0.25) is 5.02 Å². The Balaban J connectivity index is 1.88. The molecule has 0 bridgehead atoms. The summed E-state index contributed by atoms with van der Waals surface area (Å²) in [4.78, 5) is 13.3. The molecule has 1 fully saturated rings. The van der Waals surface area contributed by atoms with Gasteiger partial charge in [0.1, 0.15) is 11.9 Å². The Hall–Kier alpha value is -1.26. The van der Waals surface area contributed by atoms with Gasteiger partial charge in [-0.1, -0.05) is 52.6 Å². The van der Waals surface area contributed by atoms with Gasteiger partial charge in [0.15, 0.2) is 6.10 Å². The van der Waals surface area contributed by atoms with Crippen molar-refractivity contribution in [3.05, 3.63) is 28.8 Å². The molecule has 1 aromatic rings. The lowest BCUT2D eigenvalue weighted by Crippen LogP contribution is -2.46. The predicted octanol–water partition coefficient (Wildman–Crippen LogP) is 6.31. The average molecular weight is 409 g/mol. The molecule has 4 atom stereocenters. The monoisotopic (exact) mass is 408 g/mol. The molecule has 4 nitrogen and oxygen atoms in total. The molecule has 0 radical (unpaired) electrons. The van der Waals surface area contributed by atoms with Crippen molar-refractivity contribution in [1.29, 1.82) is 0 Å². The second-order valence-corrected chi connectivity index (χ2v) is 9.14. The summed E-state index contributed by atoms with van der Waals surface area (Å²) in [6.07, 6.45) is 3.61. The van der Waals surface area contributed by atoms with Crippen LogP contribution in [0.3, 0.4) is 0 Å². The largest absolute Gasteiger partial charge is 0.462 e. The number of hydrogen-bond acceptors (Lipinski definition) is 4. The smallest absolute Gasteiger partial charge is 0.340 e. The number of halogens is 1. The first-order valence-corrected chi connectivity index (χ1v) is 11.0. The van der Waals surface area contributed by atoms with Crippen LogP contribution in [-0.2, 0) is 14.3 Å². The van der Waals surface area contributed by atoms with Crippen LogP contribution in [0.15, 0.2) is 18.2 Å². The number of rotatable bonds is 5. The van der Waals surface area contributed by atoms with Crippen LogP contribution in [0, 0.1) is 17.8 Å². The third kappa shape index (κ3) is 4.33. The molecule has 1 heterocycles. The van der Waals surface area contributed by atoms with Gasteiger partial charge in [-0.05, 0) is 48.8 Å². The summed E-state index contributed by atoms with van der Waals surface area (Å²) in [5.74, 6) is 0.938. The van der Waals surface area contributed by atoms with Crippen LogP contribution >= 0.6 is 11.6 Å². The zero-order chi connectivity index (χ0) is 20.5. The standard InChI is InChI=1S/C23H33ClO4/c1-6-23(7-2)27-19-11-9-16(24)13-18(19)21(28-23)22(25)26-20-12-15(5)8-10-17(20)14(3)4/h9,11,13-15,17,20-21H,6-8,10,12H2,1-5H3/t15-,17+,20-,21?/m0/s1. The highest BCUT2D eigenvalue weighted by molar-refractivity contribution is 6.30. The van der Waals surface area contributed by atoms with E-state index in [1.54, 1.807) is 12.1 Å². The molecule has 3 rings (SSSR count). The number of fused-ring (bicyclic) bond motifs is 1. The summed E-state index contributed by atoms with van der Waals surface area (Å²) in [7, 11) is 0. The molecule has 2 aliphatic rings.